The van der Waals surface area contributed by atoms with Crippen LogP contribution in [0.5, 0.6) is 5.75 Å². The Morgan fingerprint density at radius 2 is 1.83 bits per heavy atom. The van der Waals surface area contributed by atoms with Gasteiger partial charge >= 0.3 is 0 Å². The van der Waals surface area contributed by atoms with Gasteiger partial charge in [0.15, 0.2) is 11.6 Å². The monoisotopic (exact) mass is 301 g/mol. The Morgan fingerprint density at radius 1 is 1.00 bits per heavy atom. The third-order valence-corrected chi connectivity index (χ3v) is 3.67. The Bertz CT molecular complexity index is 905. The van der Waals surface area contributed by atoms with Crippen LogP contribution in [0.2, 0.25) is 0 Å². The number of hydrogen-bond acceptors (Lipinski definition) is 3. The fourth-order valence-corrected chi connectivity index (χ4v) is 2.46. The van der Waals surface area contributed by atoms with Crippen LogP contribution in [0.1, 0.15) is 17.0 Å². The number of rotatable bonds is 2. The second kappa shape index (κ2) is 5.57. The van der Waals surface area contributed by atoms with Gasteiger partial charge < -0.3 is 4.74 Å². The summed E-state index contributed by atoms with van der Waals surface area (Å²) in [7, 11) is 0. The molecule has 0 aliphatic carbocycles. The van der Waals surface area contributed by atoms with Crippen molar-refractivity contribution in [2.75, 3.05) is 0 Å². The van der Waals surface area contributed by atoms with Crippen LogP contribution in [0, 0.1) is 6.92 Å². The first-order chi connectivity index (χ1) is 11.3. The Morgan fingerprint density at radius 3 is 2.70 bits per heavy atom. The topological polar surface area (TPSA) is 39.9 Å². The van der Waals surface area contributed by atoms with Crippen LogP contribution in [0.4, 0.5) is 0 Å². The maximum absolute atomic E-state index is 5.57. The summed E-state index contributed by atoms with van der Waals surface area (Å²) in [5.41, 5.74) is 3.30. The normalized spacial score (nSPS) is 12.6. The summed E-state index contributed by atoms with van der Waals surface area (Å²) in [6.45, 7) is 2.08. The average Bonchev–Trinajstić information content (AvgIpc) is 2.90. The zero-order chi connectivity index (χ0) is 15.6. The molecule has 0 atom stereocenters. The van der Waals surface area contributed by atoms with Crippen molar-refractivity contribution in [1.82, 2.24) is 14.8 Å². The highest BCUT2D eigenvalue weighted by Crippen LogP contribution is 2.30. The fourth-order valence-electron chi connectivity index (χ4n) is 2.46. The minimum Gasteiger partial charge on any atom is -0.463 e. The maximum atomic E-state index is 5.57. The van der Waals surface area contributed by atoms with Gasteiger partial charge in [0.05, 0.1) is 11.8 Å². The summed E-state index contributed by atoms with van der Waals surface area (Å²) in [5, 5.41) is 4.49. The summed E-state index contributed by atoms with van der Waals surface area (Å²) in [6, 6.07) is 16.1. The minimum absolute atomic E-state index is 0.668. The Labute approximate surface area is 134 Å². The van der Waals surface area contributed by atoms with Crippen LogP contribution < -0.4 is 4.74 Å². The molecule has 1 aliphatic heterocycles. The van der Waals surface area contributed by atoms with Crippen LogP contribution in [0.3, 0.4) is 0 Å². The van der Waals surface area contributed by atoms with E-state index in [2.05, 4.69) is 41.3 Å². The zero-order valence-corrected chi connectivity index (χ0v) is 12.7. The van der Waals surface area contributed by atoms with Gasteiger partial charge in [-0.2, -0.15) is 0 Å². The molecule has 1 aromatic heterocycles. The Hall–Kier alpha value is -3.14. The smallest absolute Gasteiger partial charge is 0.175 e. The quantitative estimate of drug-likeness (QED) is 0.710. The molecule has 0 spiro atoms. The van der Waals surface area contributed by atoms with Crippen LogP contribution in [-0.4, -0.2) is 14.8 Å². The highest BCUT2D eigenvalue weighted by Gasteiger charge is 2.15. The van der Waals surface area contributed by atoms with E-state index in [1.807, 2.05) is 36.4 Å². The van der Waals surface area contributed by atoms with Crippen molar-refractivity contribution in [3.8, 4) is 17.1 Å². The zero-order valence-electron chi connectivity index (χ0n) is 12.7. The summed E-state index contributed by atoms with van der Waals surface area (Å²) in [6.07, 6.45) is 7.33. The van der Waals surface area contributed by atoms with Gasteiger partial charge in [-0.25, -0.2) is 9.67 Å². The van der Waals surface area contributed by atoms with E-state index in [9.17, 15) is 0 Å². The summed E-state index contributed by atoms with van der Waals surface area (Å²) < 4.78 is 7.31. The summed E-state index contributed by atoms with van der Waals surface area (Å²) in [5.74, 6) is 2.23. The molecule has 4 rings (SSSR count). The molecule has 0 unspecified atom stereocenters. The molecule has 2 aromatic carbocycles. The lowest BCUT2D eigenvalue weighted by Crippen LogP contribution is -1.91. The van der Waals surface area contributed by atoms with Gasteiger partial charge in [0.2, 0.25) is 0 Å². The molecule has 4 nitrogen and oxygen atoms in total. The lowest BCUT2D eigenvalue weighted by Gasteiger charge is -2.02. The predicted octanol–water partition coefficient (Wildman–Crippen LogP) is 4.24. The van der Waals surface area contributed by atoms with E-state index < -0.39 is 0 Å². The van der Waals surface area contributed by atoms with Crippen molar-refractivity contribution in [1.29, 1.82) is 0 Å². The fraction of sp³-hybridized carbons (Fsp3) is 0.0526. The molecule has 0 bridgehead atoms. The molecule has 3 aromatic rings. The number of fused-ring (bicyclic) bond motifs is 3. The first-order valence-corrected chi connectivity index (χ1v) is 7.44. The highest BCUT2D eigenvalue weighted by atomic mass is 16.5. The molecule has 0 radical (unpaired) electrons. The van der Waals surface area contributed by atoms with E-state index in [1.54, 1.807) is 17.1 Å². The van der Waals surface area contributed by atoms with Gasteiger partial charge in [0, 0.05) is 0 Å². The summed E-state index contributed by atoms with van der Waals surface area (Å²) in [4.78, 5) is 4.62. The van der Waals surface area contributed by atoms with Crippen molar-refractivity contribution in [2.45, 2.75) is 6.92 Å². The largest absolute Gasteiger partial charge is 0.463 e. The van der Waals surface area contributed by atoms with Crippen LogP contribution >= 0.6 is 0 Å². The van der Waals surface area contributed by atoms with Crippen molar-refractivity contribution in [3.63, 3.8) is 0 Å². The number of aromatic nitrogens is 3. The van der Waals surface area contributed by atoms with E-state index in [1.165, 1.54) is 5.56 Å². The number of ether oxygens (including phenoxy) is 1. The first kappa shape index (κ1) is 13.5. The molecule has 23 heavy (non-hydrogen) atoms. The number of nitrogens with zero attached hydrogens (tertiary/aromatic N) is 3. The number of benzene rings is 2. The number of aryl methyl sites for hydroxylation is 1. The molecule has 1 aliphatic rings. The lowest BCUT2D eigenvalue weighted by atomic mass is 10.1. The molecular formula is C19H15N3O. The molecule has 4 heteroatoms. The molecule has 2 heterocycles. The standard InChI is InChI=1S/C19H15N3O/c1-14-6-8-15(9-7-14)10-11-18-20-19-16-4-2-3-5-17(16)23-13-12-22(19)21-18/h2-13H,1H3. The Balaban J connectivity index is 1.70. The number of para-hydroxylation sites is 1. The molecule has 0 saturated heterocycles. The predicted molar refractivity (Wildman–Crippen MR) is 91.5 cm³/mol. The van der Waals surface area contributed by atoms with Gasteiger partial charge in [-0.05, 0) is 30.7 Å². The highest BCUT2D eigenvalue weighted by molar-refractivity contribution is 5.71. The van der Waals surface area contributed by atoms with Crippen LogP contribution in [0.15, 0.2) is 54.8 Å². The second-order valence-corrected chi connectivity index (χ2v) is 5.38. The van der Waals surface area contributed by atoms with Gasteiger partial charge in [0.1, 0.15) is 12.0 Å². The van der Waals surface area contributed by atoms with Crippen LogP contribution in [-0.2, 0) is 0 Å². The molecular weight excluding hydrogens is 286 g/mol. The SMILES string of the molecule is Cc1ccc(C=Cc2nc3n(n2)C=COc2ccccc2-3)cc1. The van der Waals surface area contributed by atoms with E-state index >= 15 is 0 Å². The summed E-state index contributed by atoms with van der Waals surface area (Å²) >= 11 is 0. The van der Waals surface area contributed by atoms with E-state index in [0.717, 1.165) is 22.7 Å². The molecule has 0 fully saturated rings. The third-order valence-electron chi connectivity index (χ3n) is 3.67. The van der Waals surface area contributed by atoms with Gasteiger partial charge in [-0.15, -0.1) is 5.10 Å². The third kappa shape index (κ3) is 2.66. The molecule has 112 valence electrons. The molecule has 0 saturated carbocycles. The minimum atomic E-state index is 0.668. The Kier molecular flexibility index (Phi) is 3.27. The van der Waals surface area contributed by atoms with E-state index in [4.69, 9.17) is 4.74 Å². The van der Waals surface area contributed by atoms with E-state index in [0.29, 0.717) is 5.82 Å². The van der Waals surface area contributed by atoms with Gasteiger partial charge in [-0.1, -0.05) is 48.0 Å². The van der Waals surface area contributed by atoms with Gasteiger partial charge in [0.25, 0.3) is 0 Å². The van der Waals surface area contributed by atoms with E-state index in [-0.39, 0.29) is 0 Å². The van der Waals surface area contributed by atoms with Crippen molar-refractivity contribution in [2.24, 2.45) is 0 Å². The average molecular weight is 301 g/mol. The van der Waals surface area contributed by atoms with Crippen LogP contribution in [0.25, 0.3) is 29.7 Å². The van der Waals surface area contributed by atoms with Gasteiger partial charge in [-0.3, -0.25) is 0 Å². The molecule has 0 amide bonds. The van der Waals surface area contributed by atoms with Crippen molar-refractivity contribution in [3.05, 3.63) is 71.7 Å². The molecule has 0 N–H and O–H groups in total. The van der Waals surface area contributed by atoms with Crippen molar-refractivity contribution >= 4 is 18.4 Å². The maximum Gasteiger partial charge on any atom is 0.175 e. The lowest BCUT2D eigenvalue weighted by molar-refractivity contribution is 0.487. The van der Waals surface area contributed by atoms with Crippen molar-refractivity contribution < 1.29 is 4.74 Å². The first-order valence-electron chi connectivity index (χ1n) is 7.44. The number of hydrogen-bond donors (Lipinski definition) is 0. The second-order valence-electron chi connectivity index (χ2n) is 5.38.